The van der Waals surface area contributed by atoms with E-state index in [1.807, 2.05) is 6.08 Å². The SMILES string of the molecule is CC(C)(C)C1=C2C=C(O)C(C(C)(C)C)C=C2OC1(Cc1ccccc1)Cc1ccccc1. The number of allylic oxidation sites excluding steroid dienone is 2. The summed E-state index contributed by atoms with van der Waals surface area (Å²) >= 11 is 0. The van der Waals surface area contributed by atoms with Crippen LogP contribution in [0.3, 0.4) is 0 Å². The molecule has 2 aromatic carbocycles. The van der Waals surface area contributed by atoms with Crippen molar-refractivity contribution in [2.75, 3.05) is 0 Å². The third-order valence-corrected chi connectivity index (χ3v) is 6.57. The molecule has 0 amide bonds. The van der Waals surface area contributed by atoms with E-state index in [4.69, 9.17) is 4.74 Å². The van der Waals surface area contributed by atoms with Crippen LogP contribution in [0.15, 0.2) is 95.5 Å². The number of aliphatic hydroxyl groups excluding tert-OH is 1. The molecule has 4 rings (SSSR count). The van der Waals surface area contributed by atoms with Crippen LogP contribution in [0.1, 0.15) is 52.7 Å². The highest BCUT2D eigenvalue weighted by molar-refractivity contribution is 5.56. The summed E-state index contributed by atoms with van der Waals surface area (Å²) in [6, 6.07) is 21.2. The molecule has 1 unspecified atom stereocenters. The molecule has 0 aromatic heterocycles. The number of hydrogen-bond donors (Lipinski definition) is 1. The minimum absolute atomic E-state index is 0.0632. The van der Waals surface area contributed by atoms with Gasteiger partial charge in [-0.3, -0.25) is 0 Å². The molecule has 168 valence electrons. The third-order valence-electron chi connectivity index (χ3n) is 6.57. The minimum atomic E-state index is -0.508. The van der Waals surface area contributed by atoms with Crippen LogP contribution in [0.25, 0.3) is 0 Å². The molecule has 0 saturated heterocycles. The lowest BCUT2D eigenvalue weighted by Crippen LogP contribution is -2.41. The predicted octanol–water partition coefficient (Wildman–Crippen LogP) is 7.59. The van der Waals surface area contributed by atoms with Gasteiger partial charge in [-0.2, -0.15) is 0 Å². The molecule has 0 spiro atoms. The van der Waals surface area contributed by atoms with Gasteiger partial charge in [0.1, 0.15) is 17.1 Å². The van der Waals surface area contributed by atoms with Gasteiger partial charge < -0.3 is 9.84 Å². The Bertz CT molecular complexity index is 1020. The maximum atomic E-state index is 11.0. The Kier molecular flexibility index (Phi) is 5.61. The molecule has 0 saturated carbocycles. The standard InChI is InChI=1S/C30H36O2/c1-28(2,3)24-18-26-23(17-25(24)31)27(29(4,5)6)30(32-26,19-21-13-9-7-10-14-21)20-22-15-11-8-12-16-22/h7-18,24,31H,19-20H2,1-6H3. The maximum absolute atomic E-state index is 11.0. The van der Waals surface area contributed by atoms with Crippen molar-refractivity contribution >= 4 is 0 Å². The summed E-state index contributed by atoms with van der Waals surface area (Å²) < 4.78 is 7.01. The lowest BCUT2D eigenvalue weighted by Gasteiger charge is -2.38. The number of fused-ring (bicyclic) bond motifs is 1. The normalized spacial score (nSPS) is 20.4. The second-order valence-corrected chi connectivity index (χ2v) is 11.4. The number of ether oxygens (including phenoxy) is 1. The molecule has 1 atom stereocenters. The van der Waals surface area contributed by atoms with Crippen molar-refractivity contribution in [1.29, 1.82) is 0 Å². The zero-order valence-electron chi connectivity index (χ0n) is 20.3. The second-order valence-electron chi connectivity index (χ2n) is 11.4. The van der Waals surface area contributed by atoms with E-state index >= 15 is 0 Å². The average Bonchev–Trinajstić information content (AvgIpc) is 3.00. The number of aliphatic hydroxyl groups is 1. The molecule has 0 radical (unpaired) electrons. The number of rotatable bonds is 4. The lowest BCUT2D eigenvalue weighted by molar-refractivity contribution is 0.0423. The van der Waals surface area contributed by atoms with E-state index in [2.05, 4.69) is 108 Å². The molecule has 2 nitrogen and oxygen atoms in total. The van der Waals surface area contributed by atoms with Crippen molar-refractivity contribution in [3.8, 4) is 0 Å². The van der Waals surface area contributed by atoms with Crippen LogP contribution in [0.2, 0.25) is 0 Å². The summed E-state index contributed by atoms with van der Waals surface area (Å²) in [7, 11) is 0. The molecule has 0 bridgehead atoms. The monoisotopic (exact) mass is 428 g/mol. The summed E-state index contributed by atoms with van der Waals surface area (Å²) in [4.78, 5) is 0. The second kappa shape index (κ2) is 7.99. The fourth-order valence-electron chi connectivity index (χ4n) is 5.37. The van der Waals surface area contributed by atoms with Gasteiger partial charge in [0.05, 0.1) is 0 Å². The molecule has 2 aromatic rings. The van der Waals surface area contributed by atoms with Gasteiger partial charge >= 0.3 is 0 Å². The molecule has 1 aliphatic heterocycles. The molecular formula is C30H36O2. The Hall–Kier alpha value is -2.74. The van der Waals surface area contributed by atoms with E-state index in [9.17, 15) is 5.11 Å². The van der Waals surface area contributed by atoms with Crippen molar-refractivity contribution in [3.63, 3.8) is 0 Å². The van der Waals surface area contributed by atoms with Crippen LogP contribution in [-0.4, -0.2) is 10.7 Å². The molecule has 1 aliphatic carbocycles. The first-order chi connectivity index (χ1) is 15.0. The first-order valence-electron chi connectivity index (χ1n) is 11.6. The van der Waals surface area contributed by atoms with E-state index in [-0.39, 0.29) is 16.7 Å². The molecular weight excluding hydrogens is 392 g/mol. The lowest BCUT2D eigenvalue weighted by atomic mass is 9.69. The Balaban J connectivity index is 1.91. The Morgan fingerprint density at radius 2 is 1.31 bits per heavy atom. The van der Waals surface area contributed by atoms with Crippen LogP contribution in [-0.2, 0) is 17.6 Å². The van der Waals surface area contributed by atoms with Crippen LogP contribution in [0.4, 0.5) is 0 Å². The van der Waals surface area contributed by atoms with Gasteiger partial charge in [0.25, 0.3) is 0 Å². The van der Waals surface area contributed by atoms with Gasteiger partial charge in [-0.15, -0.1) is 0 Å². The van der Waals surface area contributed by atoms with Crippen LogP contribution in [0.5, 0.6) is 0 Å². The van der Waals surface area contributed by atoms with Crippen molar-refractivity contribution < 1.29 is 9.84 Å². The van der Waals surface area contributed by atoms with E-state index < -0.39 is 5.60 Å². The van der Waals surface area contributed by atoms with Gasteiger partial charge in [-0.25, -0.2) is 0 Å². The van der Waals surface area contributed by atoms with Gasteiger partial charge in [0.15, 0.2) is 0 Å². The van der Waals surface area contributed by atoms with Crippen molar-refractivity contribution in [2.45, 2.75) is 60.0 Å². The highest BCUT2D eigenvalue weighted by Gasteiger charge is 2.50. The van der Waals surface area contributed by atoms with Crippen molar-refractivity contribution in [3.05, 3.63) is 107 Å². The first-order valence-corrected chi connectivity index (χ1v) is 11.6. The molecule has 1 N–H and O–H groups in total. The topological polar surface area (TPSA) is 29.5 Å². The highest BCUT2D eigenvalue weighted by atomic mass is 16.5. The van der Waals surface area contributed by atoms with Crippen LogP contribution >= 0.6 is 0 Å². The van der Waals surface area contributed by atoms with Gasteiger partial charge in [-0.05, 0) is 39.7 Å². The zero-order valence-corrected chi connectivity index (χ0v) is 20.3. The Labute approximate surface area is 193 Å². The fourth-order valence-corrected chi connectivity index (χ4v) is 5.37. The predicted molar refractivity (Wildman–Crippen MR) is 132 cm³/mol. The van der Waals surface area contributed by atoms with Gasteiger partial charge in [0, 0.05) is 24.3 Å². The van der Waals surface area contributed by atoms with Crippen molar-refractivity contribution in [1.82, 2.24) is 0 Å². The smallest absolute Gasteiger partial charge is 0.140 e. The van der Waals surface area contributed by atoms with E-state index in [1.54, 1.807) is 0 Å². The average molecular weight is 429 g/mol. The summed E-state index contributed by atoms with van der Waals surface area (Å²) in [5.41, 5.74) is 4.11. The highest BCUT2D eigenvalue weighted by Crippen LogP contribution is 2.53. The molecule has 1 heterocycles. The largest absolute Gasteiger partial charge is 0.512 e. The van der Waals surface area contributed by atoms with Gasteiger partial charge in [0.2, 0.25) is 0 Å². The molecule has 2 heteroatoms. The molecule has 2 aliphatic rings. The maximum Gasteiger partial charge on any atom is 0.140 e. The fraction of sp³-hybridized carbons (Fsp3) is 0.400. The zero-order chi connectivity index (χ0) is 23.1. The summed E-state index contributed by atoms with van der Waals surface area (Å²) in [5.74, 6) is 1.28. The first kappa shape index (κ1) is 22.5. The number of hydrogen-bond acceptors (Lipinski definition) is 2. The summed E-state index contributed by atoms with van der Waals surface area (Å²) in [5, 5.41) is 11.0. The Morgan fingerprint density at radius 3 is 1.75 bits per heavy atom. The molecule has 32 heavy (non-hydrogen) atoms. The van der Waals surface area contributed by atoms with Crippen molar-refractivity contribution in [2.24, 2.45) is 16.7 Å². The van der Waals surface area contributed by atoms with E-state index in [0.29, 0.717) is 5.76 Å². The van der Waals surface area contributed by atoms with E-state index in [1.165, 1.54) is 16.7 Å². The quantitative estimate of drug-likeness (QED) is 0.544. The third kappa shape index (κ3) is 4.28. The summed E-state index contributed by atoms with van der Waals surface area (Å²) in [6.07, 6.45) is 5.69. The van der Waals surface area contributed by atoms with Gasteiger partial charge in [-0.1, -0.05) is 102 Å². The van der Waals surface area contributed by atoms with Crippen LogP contribution in [0, 0.1) is 16.7 Å². The van der Waals surface area contributed by atoms with Crippen LogP contribution < -0.4 is 0 Å². The number of benzene rings is 2. The minimum Gasteiger partial charge on any atom is -0.512 e. The molecule has 0 fully saturated rings. The summed E-state index contributed by atoms with van der Waals surface area (Å²) in [6.45, 7) is 13.3. The van der Waals surface area contributed by atoms with E-state index in [0.717, 1.165) is 24.2 Å². The Morgan fingerprint density at radius 1 is 0.812 bits per heavy atom.